The smallest absolute Gasteiger partial charge is 0.335 e. The second kappa shape index (κ2) is 13.4. The van der Waals surface area contributed by atoms with Crippen molar-refractivity contribution in [1.29, 1.82) is 0 Å². The molecule has 0 aliphatic heterocycles. The molecule has 3 aromatic carbocycles. The van der Waals surface area contributed by atoms with Crippen LogP contribution >= 0.6 is 0 Å². The largest absolute Gasteiger partial charge is 0.490 e. The summed E-state index contributed by atoms with van der Waals surface area (Å²) >= 11 is 0. The van der Waals surface area contributed by atoms with Crippen molar-refractivity contribution >= 4 is 23.8 Å². The molecule has 3 aromatic rings. The van der Waals surface area contributed by atoms with Gasteiger partial charge in [-0.05, 0) is 48.7 Å². The van der Waals surface area contributed by atoms with Crippen LogP contribution < -0.4 is 14.9 Å². The Hall–Kier alpha value is -4.99. The monoisotopic (exact) mass is 517 g/mol. The Balaban J connectivity index is 1.75. The number of carbonyl (C=O) groups excluding carboxylic acids is 1. The summed E-state index contributed by atoms with van der Waals surface area (Å²) in [6.07, 6.45) is 3.44. The van der Waals surface area contributed by atoms with Gasteiger partial charge in [0.2, 0.25) is 5.91 Å². The number of nitro benzene ring substituents is 1. The third kappa shape index (κ3) is 7.50. The van der Waals surface area contributed by atoms with Gasteiger partial charge in [-0.15, -0.1) is 6.58 Å². The predicted octanol–water partition coefficient (Wildman–Crippen LogP) is 4.69. The maximum atomic E-state index is 12.3. The average Bonchev–Trinajstić information content (AvgIpc) is 2.89. The molecule has 0 unspecified atom stereocenters. The molecule has 0 fully saturated rings. The summed E-state index contributed by atoms with van der Waals surface area (Å²) in [5.74, 6) is -0.506. The van der Waals surface area contributed by atoms with Crippen molar-refractivity contribution in [2.24, 2.45) is 5.10 Å². The molecule has 0 aliphatic rings. The number of nitrogens with zero attached hydrogens (tertiary/aromatic N) is 2. The molecule has 3 rings (SSSR count). The Morgan fingerprint density at radius 2 is 1.84 bits per heavy atom. The zero-order valence-corrected chi connectivity index (χ0v) is 20.8. The molecule has 0 aromatic heterocycles. The van der Waals surface area contributed by atoms with Crippen LogP contribution in [0.2, 0.25) is 0 Å². The Kier molecular flexibility index (Phi) is 9.70. The molecule has 1 amide bonds. The number of allylic oxidation sites excluding steroid dienone is 1. The molecule has 0 saturated carbocycles. The molecule has 0 radical (unpaired) electrons. The molecule has 196 valence electrons. The fourth-order valence-electron chi connectivity index (χ4n) is 3.62. The quantitative estimate of drug-likeness (QED) is 0.145. The lowest BCUT2D eigenvalue weighted by Gasteiger charge is -2.17. The van der Waals surface area contributed by atoms with E-state index in [0.29, 0.717) is 30.1 Å². The van der Waals surface area contributed by atoms with Gasteiger partial charge >= 0.3 is 5.97 Å². The first kappa shape index (κ1) is 27.6. The van der Waals surface area contributed by atoms with Gasteiger partial charge in [-0.3, -0.25) is 14.9 Å². The van der Waals surface area contributed by atoms with E-state index in [-0.39, 0.29) is 29.8 Å². The van der Waals surface area contributed by atoms with Gasteiger partial charge in [-0.1, -0.05) is 36.4 Å². The molecule has 0 spiro atoms. The van der Waals surface area contributed by atoms with Gasteiger partial charge in [0.25, 0.3) is 5.69 Å². The number of carboxylic acid groups (broad SMARTS) is 1. The highest BCUT2D eigenvalue weighted by Crippen LogP contribution is 2.34. The molecule has 0 bridgehead atoms. The lowest BCUT2D eigenvalue weighted by Crippen LogP contribution is -2.20. The van der Waals surface area contributed by atoms with Crippen LogP contribution in [0.15, 0.2) is 78.4 Å². The number of aromatic carboxylic acids is 1. The van der Waals surface area contributed by atoms with Gasteiger partial charge in [0.15, 0.2) is 11.5 Å². The normalized spacial score (nSPS) is 10.7. The minimum atomic E-state index is -1.00. The van der Waals surface area contributed by atoms with Gasteiger partial charge in [-0.25, -0.2) is 10.2 Å². The van der Waals surface area contributed by atoms with Gasteiger partial charge in [0.1, 0.15) is 6.61 Å². The number of carboxylic acids is 1. The van der Waals surface area contributed by atoms with Crippen molar-refractivity contribution in [3.8, 4) is 11.5 Å². The Morgan fingerprint density at radius 3 is 2.50 bits per heavy atom. The summed E-state index contributed by atoms with van der Waals surface area (Å²) in [5.41, 5.74) is 4.94. The van der Waals surface area contributed by atoms with Gasteiger partial charge < -0.3 is 14.6 Å². The van der Waals surface area contributed by atoms with E-state index in [1.54, 1.807) is 30.3 Å². The minimum Gasteiger partial charge on any atom is -0.490 e. The van der Waals surface area contributed by atoms with Crippen LogP contribution in [-0.2, 0) is 24.2 Å². The third-order valence-corrected chi connectivity index (χ3v) is 5.34. The van der Waals surface area contributed by atoms with Crippen molar-refractivity contribution < 1.29 is 29.1 Å². The third-order valence-electron chi connectivity index (χ3n) is 5.34. The van der Waals surface area contributed by atoms with E-state index >= 15 is 0 Å². The van der Waals surface area contributed by atoms with E-state index in [9.17, 15) is 19.7 Å². The number of nitro groups is 1. The van der Waals surface area contributed by atoms with Crippen molar-refractivity contribution in [3.05, 3.63) is 111 Å². The maximum Gasteiger partial charge on any atom is 0.335 e. The molecule has 10 nitrogen and oxygen atoms in total. The van der Waals surface area contributed by atoms with Crippen LogP contribution in [0, 0.1) is 10.1 Å². The molecule has 2 N–H and O–H groups in total. The predicted molar refractivity (Wildman–Crippen MR) is 142 cm³/mol. The highest BCUT2D eigenvalue weighted by atomic mass is 16.6. The molecular formula is C28H27N3O7. The van der Waals surface area contributed by atoms with Crippen molar-refractivity contribution in [2.45, 2.75) is 26.4 Å². The number of ether oxygens (including phenoxy) is 2. The number of amides is 1. The molecule has 0 atom stereocenters. The number of nitrogens with one attached hydrogen (secondary N) is 1. The fraction of sp³-hybridized carbons (Fsp3) is 0.179. The minimum absolute atomic E-state index is 0.129. The van der Waals surface area contributed by atoms with Crippen LogP contribution in [0.4, 0.5) is 5.69 Å². The number of benzene rings is 3. The Morgan fingerprint density at radius 1 is 1.11 bits per heavy atom. The number of hydrazone groups is 1. The Labute approximate surface area is 219 Å². The SMILES string of the molecule is C=CCc1cc(/C=N/NC(=O)Cc2ccccc2[N+](=O)[O-])cc(OCC)c1OCc1ccc(C(=O)O)cc1. The zero-order valence-electron chi connectivity index (χ0n) is 20.8. The molecule has 0 heterocycles. The molecule has 0 saturated heterocycles. The van der Waals surface area contributed by atoms with Crippen molar-refractivity contribution in [3.63, 3.8) is 0 Å². The van der Waals surface area contributed by atoms with Gasteiger partial charge in [-0.2, -0.15) is 5.10 Å². The standard InChI is InChI=1S/C28H27N3O7/c1-3-7-23-14-20(17-29-30-26(32)16-22-8-5-6-9-24(22)31(35)36)15-25(37-4-2)27(23)38-18-19-10-12-21(13-11-19)28(33)34/h3,5-6,8-15,17H,1,4,7,16,18H2,2H3,(H,30,32)(H,33,34)/b29-17+. The van der Waals surface area contributed by atoms with Crippen molar-refractivity contribution in [2.75, 3.05) is 6.61 Å². The summed E-state index contributed by atoms with van der Waals surface area (Å²) in [5, 5.41) is 24.2. The van der Waals surface area contributed by atoms with Crippen LogP contribution in [0.5, 0.6) is 11.5 Å². The van der Waals surface area contributed by atoms with Crippen molar-refractivity contribution in [1.82, 2.24) is 5.43 Å². The summed E-state index contributed by atoms with van der Waals surface area (Å²) in [6, 6.07) is 16.0. The molecule has 38 heavy (non-hydrogen) atoms. The number of rotatable bonds is 13. The van der Waals surface area contributed by atoms with Crippen LogP contribution in [0.25, 0.3) is 0 Å². The number of hydrogen-bond donors (Lipinski definition) is 2. The van der Waals surface area contributed by atoms with E-state index < -0.39 is 16.8 Å². The lowest BCUT2D eigenvalue weighted by molar-refractivity contribution is -0.385. The van der Waals surface area contributed by atoms with Crippen LogP contribution in [-0.4, -0.2) is 34.7 Å². The summed E-state index contributed by atoms with van der Waals surface area (Å²) < 4.78 is 11.9. The van der Waals surface area contributed by atoms with Crippen LogP contribution in [0.3, 0.4) is 0 Å². The number of hydrogen-bond acceptors (Lipinski definition) is 7. The Bertz CT molecular complexity index is 1350. The molecular weight excluding hydrogens is 490 g/mol. The first-order chi connectivity index (χ1) is 18.3. The van der Waals surface area contributed by atoms with Gasteiger partial charge in [0.05, 0.1) is 29.7 Å². The first-order valence-corrected chi connectivity index (χ1v) is 11.7. The maximum absolute atomic E-state index is 12.3. The summed E-state index contributed by atoms with van der Waals surface area (Å²) in [6.45, 7) is 6.21. The number of carbonyl (C=O) groups is 2. The van der Waals surface area contributed by atoms with E-state index in [1.165, 1.54) is 36.5 Å². The fourth-order valence-corrected chi connectivity index (χ4v) is 3.62. The molecule has 0 aliphatic carbocycles. The molecule has 10 heteroatoms. The second-order valence-electron chi connectivity index (χ2n) is 8.08. The van der Waals surface area contributed by atoms with Crippen LogP contribution in [0.1, 0.15) is 39.5 Å². The summed E-state index contributed by atoms with van der Waals surface area (Å²) in [4.78, 5) is 34.0. The topological polar surface area (TPSA) is 140 Å². The van der Waals surface area contributed by atoms with E-state index in [4.69, 9.17) is 14.6 Å². The summed E-state index contributed by atoms with van der Waals surface area (Å²) in [7, 11) is 0. The van der Waals surface area contributed by atoms with E-state index in [0.717, 1.165) is 11.1 Å². The lowest BCUT2D eigenvalue weighted by atomic mass is 10.1. The number of para-hydroxylation sites is 1. The highest BCUT2D eigenvalue weighted by molar-refractivity contribution is 5.87. The first-order valence-electron chi connectivity index (χ1n) is 11.7. The van der Waals surface area contributed by atoms with E-state index in [2.05, 4.69) is 17.1 Å². The second-order valence-corrected chi connectivity index (χ2v) is 8.08. The highest BCUT2D eigenvalue weighted by Gasteiger charge is 2.16. The average molecular weight is 518 g/mol. The van der Waals surface area contributed by atoms with Gasteiger partial charge in [0, 0.05) is 17.2 Å². The van der Waals surface area contributed by atoms with E-state index in [1.807, 2.05) is 13.0 Å². The zero-order chi connectivity index (χ0) is 27.5.